The molecule has 5 nitrogen and oxygen atoms in total. The highest BCUT2D eigenvalue weighted by molar-refractivity contribution is 6.76. The first kappa shape index (κ1) is 24.8. The number of aromatic nitrogens is 3. The van der Waals surface area contributed by atoms with Crippen LogP contribution in [0.3, 0.4) is 0 Å². The van der Waals surface area contributed by atoms with Crippen LogP contribution in [0.5, 0.6) is 0 Å². The molecule has 0 aromatic carbocycles. The molecule has 29 heavy (non-hydrogen) atoms. The lowest BCUT2D eigenvalue weighted by atomic mass is 9.82. The van der Waals surface area contributed by atoms with E-state index in [-0.39, 0.29) is 5.04 Å². The molecule has 1 aliphatic carbocycles. The third kappa shape index (κ3) is 7.29. The zero-order chi connectivity index (χ0) is 21.9. The molecular weight excluding hydrogens is 394 g/mol. The number of ether oxygens (including phenoxy) is 1. The summed E-state index contributed by atoms with van der Waals surface area (Å²) < 4.78 is 14.7. The van der Waals surface area contributed by atoms with Gasteiger partial charge in [0.15, 0.2) is 8.32 Å². The van der Waals surface area contributed by atoms with Gasteiger partial charge < -0.3 is 9.16 Å². The lowest BCUT2D eigenvalue weighted by Crippen LogP contribution is -2.42. The van der Waals surface area contributed by atoms with E-state index < -0.39 is 16.4 Å². The molecule has 1 aromatic rings. The van der Waals surface area contributed by atoms with Crippen molar-refractivity contribution in [3.8, 4) is 0 Å². The van der Waals surface area contributed by atoms with E-state index in [4.69, 9.17) is 9.16 Å². The van der Waals surface area contributed by atoms with E-state index in [1.807, 2.05) is 6.92 Å². The molecule has 1 heterocycles. The largest absolute Gasteiger partial charge is 0.417 e. The first-order chi connectivity index (χ1) is 13.3. The lowest BCUT2D eigenvalue weighted by Gasteiger charge is -2.38. The normalized spacial score (nSPS) is 21.6. The standard InChI is InChI=1S/C22H45N3O2Si2/c1-18-23-24-21(25(18)17-26-14-15-28(5,6)7)20-12-10-19(11-13-20)16-27-29(8,9)22(2,3)4/h19-20H,10-17H2,1-9H3. The highest BCUT2D eigenvalue weighted by atomic mass is 28.4. The molecule has 0 atom stereocenters. The van der Waals surface area contributed by atoms with Gasteiger partial charge in [0.2, 0.25) is 0 Å². The van der Waals surface area contributed by atoms with Gasteiger partial charge in [0.25, 0.3) is 0 Å². The van der Waals surface area contributed by atoms with E-state index in [2.05, 4.69) is 68.3 Å². The molecule has 1 aromatic heterocycles. The smallest absolute Gasteiger partial charge is 0.191 e. The van der Waals surface area contributed by atoms with Crippen molar-refractivity contribution in [1.82, 2.24) is 14.8 Å². The van der Waals surface area contributed by atoms with Crippen LogP contribution in [0.25, 0.3) is 0 Å². The van der Waals surface area contributed by atoms with Gasteiger partial charge in [-0.3, -0.25) is 4.57 Å². The molecule has 0 N–H and O–H groups in total. The lowest BCUT2D eigenvalue weighted by molar-refractivity contribution is 0.0814. The maximum absolute atomic E-state index is 6.48. The predicted molar refractivity (Wildman–Crippen MR) is 127 cm³/mol. The van der Waals surface area contributed by atoms with E-state index in [0.29, 0.717) is 18.6 Å². The van der Waals surface area contributed by atoms with Crippen molar-refractivity contribution >= 4 is 16.4 Å². The average Bonchev–Trinajstić information content (AvgIpc) is 2.96. The van der Waals surface area contributed by atoms with Crippen molar-refractivity contribution < 1.29 is 9.16 Å². The van der Waals surface area contributed by atoms with Gasteiger partial charge in [-0.05, 0) is 62.7 Å². The summed E-state index contributed by atoms with van der Waals surface area (Å²) in [4.78, 5) is 0. The van der Waals surface area contributed by atoms with Crippen LogP contribution in [0, 0.1) is 12.8 Å². The van der Waals surface area contributed by atoms with Gasteiger partial charge in [0.05, 0.1) is 0 Å². The molecule has 1 saturated carbocycles. The van der Waals surface area contributed by atoms with Crippen LogP contribution < -0.4 is 0 Å². The molecule has 1 fully saturated rings. The maximum Gasteiger partial charge on any atom is 0.191 e. The molecule has 0 unspecified atom stereocenters. The van der Waals surface area contributed by atoms with Crippen LogP contribution in [0.15, 0.2) is 0 Å². The molecule has 0 amide bonds. The first-order valence-electron chi connectivity index (χ1n) is 11.4. The summed E-state index contributed by atoms with van der Waals surface area (Å²) in [6.07, 6.45) is 4.81. The van der Waals surface area contributed by atoms with Gasteiger partial charge in [-0.2, -0.15) is 0 Å². The molecule has 2 rings (SSSR count). The second-order valence-electron chi connectivity index (χ2n) is 11.7. The topological polar surface area (TPSA) is 49.2 Å². The zero-order valence-corrected chi connectivity index (χ0v) is 22.5. The second kappa shape index (κ2) is 9.75. The Balaban J connectivity index is 1.85. The number of aryl methyl sites for hydroxylation is 1. The van der Waals surface area contributed by atoms with E-state index in [9.17, 15) is 0 Å². The van der Waals surface area contributed by atoms with Crippen LogP contribution in [0.1, 0.15) is 64.0 Å². The number of hydrogen-bond donors (Lipinski definition) is 0. The van der Waals surface area contributed by atoms with Gasteiger partial charge >= 0.3 is 0 Å². The summed E-state index contributed by atoms with van der Waals surface area (Å²) in [6, 6.07) is 1.20. The summed E-state index contributed by atoms with van der Waals surface area (Å²) >= 11 is 0. The highest BCUT2D eigenvalue weighted by Crippen LogP contribution is 2.39. The summed E-state index contributed by atoms with van der Waals surface area (Å²) in [5.74, 6) is 3.28. The van der Waals surface area contributed by atoms with E-state index in [1.165, 1.54) is 31.7 Å². The summed E-state index contributed by atoms with van der Waals surface area (Å²) in [7, 11) is -2.70. The van der Waals surface area contributed by atoms with E-state index in [0.717, 1.165) is 24.9 Å². The van der Waals surface area contributed by atoms with Crippen molar-refractivity contribution in [2.45, 2.75) is 110 Å². The Labute approximate surface area is 181 Å². The molecule has 168 valence electrons. The fraction of sp³-hybridized carbons (Fsp3) is 0.909. The monoisotopic (exact) mass is 439 g/mol. The van der Waals surface area contributed by atoms with Gasteiger partial charge in [0.1, 0.15) is 18.4 Å². The predicted octanol–water partition coefficient (Wildman–Crippen LogP) is 6.19. The minimum atomic E-state index is -1.65. The Bertz CT molecular complexity index is 639. The van der Waals surface area contributed by atoms with Crippen LogP contribution >= 0.6 is 0 Å². The Morgan fingerprint density at radius 3 is 2.17 bits per heavy atom. The Kier molecular flexibility index (Phi) is 8.32. The van der Waals surface area contributed by atoms with E-state index >= 15 is 0 Å². The summed E-state index contributed by atoms with van der Waals surface area (Å²) in [5.41, 5.74) is 0. The minimum Gasteiger partial charge on any atom is -0.417 e. The van der Waals surface area contributed by atoms with Crippen LogP contribution in [-0.4, -0.2) is 44.4 Å². The minimum absolute atomic E-state index is 0.285. The third-order valence-electron chi connectivity index (χ3n) is 6.88. The molecule has 0 spiro atoms. The Hall–Kier alpha value is -0.506. The number of nitrogens with zero attached hydrogens (tertiary/aromatic N) is 3. The van der Waals surface area contributed by atoms with Gasteiger partial charge in [-0.25, -0.2) is 0 Å². The quantitative estimate of drug-likeness (QED) is 0.340. The van der Waals surface area contributed by atoms with Crippen LogP contribution in [-0.2, 0) is 15.9 Å². The van der Waals surface area contributed by atoms with Gasteiger partial charge in [-0.15, -0.1) is 10.2 Å². The maximum atomic E-state index is 6.48. The molecule has 7 heteroatoms. The zero-order valence-electron chi connectivity index (χ0n) is 20.5. The van der Waals surface area contributed by atoms with Crippen molar-refractivity contribution in [1.29, 1.82) is 0 Å². The molecule has 0 aliphatic heterocycles. The van der Waals surface area contributed by atoms with Crippen molar-refractivity contribution in [3.05, 3.63) is 11.6 Å². The van der Waals surface area contributed by atoms with Gasteiger partial charge in [-0.1, -0.05) is 40.4 Å². The van der Waals surface area contributed by atoms with Crippen molar-refractivity contribution in [3.63, 3.8) is 0 Å². The second-order valence-corrected chi connectivity index (χ2v) is 22.1. The number of hydrogen-bond acceptors (Lipinski definition) is 4. The first-order valence-corrected chi connectivity index (χ1v) is 18.0. The number of rotatable bonds is 9. The molecule has 0 bridgehead atoms. The molecule has 0 radical (unpaired) electrons. The van der Waals surface area contributed by atoms with Gasteiger partial charge in [0, 0.05) is 27.2 Å². The fourth-order valence-corrected chi connectivity index (χ4v) is 5.37. The Morgan fingerprint density at radius 1 is 1.00 bits per heavy atom. The van der Waals surface area contributed by atoms with Crippen molar-refractivity contribution in [2.24, 2.45) is 5.92 Å². The molecular formula is C22H45N3O2Si2. The highest BCUT2D eigenvalue weighted by Gasteiger charge is 2.38. The Morgan fingerprint density at radius 2 is 1.62 bits per heavy atom. The van der Waals surface area contributed by atoms with Crippen LogP contribution in [0.4, 0.5) is 0 Å². The van der Waals surface area contributed by atoms with Crippen LogP contribution in [0.2, 0.25) is 43.8 Å². The summed E-state index contributed by atoms with van der Waals surface area (Å²) in [5, 5.41) is 9.17. The van der Waals surface area contributed by atoms with E-state index in [1.54, 1.807) is 0 Å². The third-order valence-corrected chi connectivity index (χ3v) is 13.1. The fourth-order valence-electron chi connectivity index (χ4n) is 3.52. The average molecular weight is 440 g/mol. The molecule has 0 saturated heterocycles. The summed E-state index contributed by atoms with van der Waals surface area (Å²) in [6.45, 7) is 23.2. The SMILES string of the molecule is Cc1nnc(C2CCC(CO[Si](C)(C)C(C)(C)C)CC2)n1COCC[Si](C)(C)C. The molecule has 1 aliphatic rings. The van der Waals surface area contributed by atoms with Crippen molar-refractivity contribution in [2.75, 3.05) is 13.2 Å².